The molecule has 1 aliphatic rings. The highest BCUT2D eigenvalue weighted by Gasteiger charge is 2.30. The van der Waals surface area contributed by atoms with E-state index >= 15 is 0 Å². The predicted octanol–water partition coefficient (Wildman–Crippen LogP) is 2.28. The fourth-order valence-electron chi connectivity index (χ4n) is 3.07. The van der Waals surface area contributed by atoms with Crippen LogP contribution in [-0.2, 0) is 10.0 Å². The van der Waals surface area contributed by atoms with Crippen LogP contribution >= 0.6 is 12.4 Å². The molecule has 0 saturated carbocycles. The van der Waals surface area contributed by atoms with Crippen LogP contribution in [0.3, 0.4) is 0 Å². The summed E-state index contributed by atoms with van der Waals surface area (Å²) in [5, 5.41) is 4.02. The minimum atomic E-state index is -3.48. The van der Waals surface area contributed by atoms with E-state index in [1.807, 2.05) is 25.2 Å². The van der Waals surface area contributed by atoms with E-state index in [9.17, 15) is 8.42 Å². The van der Waals surface area contributed by atoms with Crippen molar-refractivity contribution < 1.29 is 8.42 Å². The molecule has 1 aliphatic heterocycles. The molecule has 1 N–H and O–H groups in total. The van der Waals surface area contributed by atoms with Crippen LogP contribution in [0.4, 0.5) is 0 Å². The van der Waals surface area contributed by atoms with Gasteiger partial charge in [0.15, 0.2) is 0 Å². The number of piperidine rings is 1. The Labute approximate surface area is 143 Å². The van der Waals surface area contributed by atoms with E-state index in [0.29, 0.717) is 29.4 Å². The molecule has 0 unspecified atom stereocenters. The second-order valence-corrected chi connectivity index (χ2v) is 7.64. The number of halogens is 1. The molecule has 2 aromatic rings. The zero-order chi connectivity index (χ0) is 15.6. The summed E-state index contributed by atoms with van der Waals surface area (Å²) in [6.07, 6.45) is 3.44. The van der Waals surface area contributed by atoms with Gasteiger partial charge < -0.3 is 5.32 Å². The van der Waals surface area contributed by atoms with Crippen LogP contribution in [0.2, 0.25) is 0 Å². The van der Waals surface area contributed by atoms with Gasteiger partial charge in [0.2, 0.25) is 10.0 Å². The number of sulfonamides is 1. The van der Waals surface area contributed by atoms with Crippen LogP contribution in [0.25, 0.3) is 10.9 Å². The number of pyridine rings is 1. The zero-order valence-corrected chi connectivity index (χ0v) is 14.7. The molecule has 0 spiro atoms. The second-order valence-electron chi connectivity index (χ2n) is 5.74. The molecule has 0 bridgehead atoms. The maximum atomic E-state index is 12.9. The Morgan fingerprint density at radius 1 is 1.22 bits per heavy atom. The molecule has 23 heavy (non-hydrogen) atoms. The number of hydrogen-bond donors (Lipinski definition) is 1. The Kier molecular flexibility index (Phi) is 5.97. The molecule has 0 aliphatic carbocycles. The van der Waals surface area contributed by atoms with E-state index in [0.717, 1.165) is 24.8 Å². The lowest BCUT2D eigenvalue weighted by molar-refractivity contribution is 0.271. The van der Waals surface area contributed by atoms with E-state index < -0.39 is 10.0 Å². The van der Waals surface area contributed by atoms with Gasteiger partial charge in [-0.3, -0.25) is 4.98 Å². The Bertz CT molecular complexity index is 754. The zero-order valence-electron chi connectivity index (χ0n) is 13.1. The van der Waals surface area contributed by atoms with Gasteiger partial charge in [-0.25, -0.2) is 8.42 Å². The fourth-order valence-corrected chi connectivity index (χ4v) is 4.70. The van der Waals surface area contributed by atoms with Gasteiger partial charge in [0.1, 0.15) is 4.90 Å². The maximum absolute atomic E-state index is 12.9. The molecule has 3 rings (SSSR count). The van der Waals surface area contributed by atoms with Crippen molar-refractivity contribution in [2.75, 3.05) is 26.7 Å². The molecular weight excluding hydrogens is 334 g/mol. The lowest BCUT2D eigenvalue weighted by Crippen LogP contribution is -2.40. The average molecular weight is 356 g/mol. The summed E-state index contributed by atoms with van der Waals surface area (Å²) in [5.74, 6) is 0.557. The molecule has 7 heteroatoms. The first kappa shape index (κ1) is 18.1. The van der Waals surface area contributed by atoms with Gasteiger partial charge in [-0.15, -0.1) is 12.4 Å². The highest BCUT2D eigenvalue weighted by Crippen LogP contribution is 2.27. The van der Waals surface area contributed by atoms with Gasteiger partial charge in [-0.05, 0) is 44.5 Å². The third-order valence-electron chi connectivity index (χ3n) is 4.28. The Morgan fingerprint density at radius 2 is 1.91 bits per heavy atom. The summed E-state index contributed by atoms with van der Waals surface area (Å²) in [7, 11) is -1.54. The predicted molar refractivity (Wildman–Crippen MR) is 94.4 cm³/mol. The van der Waals surface area contributed by atoms with Crippen molar-refractivity contribution in [3.05, 3.63) is 36.5 Å². The molecule has 0 amide bonds. The fraction of sp³-hybridized carbons (Fsp3) is 0.438. The third-order valence-corrected chi connectivity index (χ3v) is 6.21. The summed E-state index contributed by atoms with van der Waals surface area (Å²) in [6.45, 7) is 2.11. The van der Waals surface area contributed by atoms with E-state index in [-0.39, 0.29) is 12.4 Å². The number of para-hydroxylation sites is 1. The van der Waals surface area contributed by atoms with Crippen LogP contribution in [0.1, 0.15) is 12.8 Å². The van der Waals surface area contributed by atoms with E-state index in [1.165, 1.54) is 0 Å². The van der Waals surface area contributed by atoms with Crippen molar-refractivity contribution in [1.29, 1.82) is 0 Å². The lowest BCUT2D eigenvalue weighted by atomic mass is 9.98. The van der Waals surface area contributed by atoms with Gasteiger partial charge in [0.25, 0.3) is 0 Å². The van der Waals surface area contributed by atoms with Gasteiger partial charge in [-0.1, -0.05) is 18.2 Å². The maximum Gasteiger partial charge on any atom is 0.245 e. The number of aromatic nitrogens is 1. The topological polar surface area (TPSA) is 62.3 Å². The number of benzene rings is 1. The van der Waals surface area contributed by atoms with Crippen molar-refractivity contribution in [2.45, 2.75) is 17.7 Å². The normalized spacial score (nSPS) is 17.1. The molecule has 126 valence electrons. The van der Waals surface area contributed by atoms with Gasteiger partial charge in [-0.2, -0.15) is 4.31 Å². The van der Waals surface area contributed by atoms with Crippen LogP contribution < -0.4 is 5.32 Å². The number of rotatable bonds is 4. The molecule has 1 saturated heterocycles. The molecule has 0 radical (unpaired) electrons. The van der Waals surface area contributed by atoms with E-state index in [2.05, 4.69) is 10.3 Å². The molecule has 1 aromatic carbocycles. The van der Waals surface area contributed by atoms with E-state index in [4.69, 9.17) is 0 Å². The van der Waals surface area contributed by atoms with Crippen LogP contribution in [0, 0.1) is 5.92 Å². The monoisotopic (exact) mass is 355 g/mol. The summed E-state index contributed by atoms with van der Waals surface area (Å²) in [5.41, 5.74) is 0.558. The number of fused-ring (bicyclic) bond motifs is 1. The highest BCUT2D eigenvalue weighted by molar-refractivity contribution is 7.89. The van der Waals surface area contributed by atoms with E-state index in [1.54, 1.807) is 22.6 Å². The number of nitrogens with one attached hydrogen (secondary N) is 1. The van der Waals surface area contributed by atoms with Crippen LogP contribution in [0.5, 0.6) is 0 Å². The van der Waals surface area contributed by atoms with Crippen molar-refractivity contribution >= 4 is 33.3 Å². The largest absolute Gasteiger partial charge is 0.319 e. The first-order chi connectivity index (χ1) is 10.6. The standard InChI is InChI=1S/C16H21N3O2S.ClH/c1-17-12-13-7-10-19(11-8-13)22(20,21)15-6-2-4-14-5-3-9-18-16(14)15;/h2-6,9,13,17H,7-8,10-12H2,1H3;1H. The Balaban J connectivity index is 0.00000192. The number of nitrogens with zero attached hydrogens (tertiary/aromatic N) is 2. The summed E-state index contributed by atoms with van der Waals surface area (Å²) in [4.78, 5) is 4.59. The second kappa shape index (κ2) is 7.57. The lowest BCUT2D eigenvalue weighted by Gasteiger charge is -2.31. The first-order valence-corrected chi connectivity index (χ1v) is 9.05. The quantitative estimate of drug-likeness (QED) is 0.913. The molecule has 2 heterocycles. The molecule has 1 fully saturated rings. The Morgan fingerprint density at radius 3 is 2.61 bits per heavy atom. The van der Waals surface area contributed by atoms with Gasteiger partial charge in [0.05, 0.1) is 5.52 Å². The van der Waals surface area contributed by atoms with Gasteiger partial charge in [0, 0.05) is 24.7 Å². The smallest absolute Gasteiger partial charge is 0.245 e. The van der Waals surface area contributed by atoms with Gasteiger partial charge >= 0.3 is 0 Å². The molecule has 0 atom stereocenters. The molecule has 1 aromatic heterocycles. The average Bonchev–Trinajstić information content (AvgIpc) is 2.55. The Hall–Kier alpha value is -1.21. The van der Waals surface area contributed by atoms with Crippen molar-refractivity contribution in [1.82, 2.24) is 14.6 Å². The highest BCUT2D eigenvalue weighted by atomic mass is 35.5. The summed E-state index contributed by atoms with van der Waals surface area (Å²) >= 11 is 0. The SMILES string of the molecule is CNCC1CCN(S(=O)(=O)c2cccc3cccnc23)CC1.Cl. The van der Waals surface area contributed by atoms with Crippen LogP contribution in [0.15, 0.2) is 41.4 Å². The molecular formula is C16H22ClN3O2S. The van der Waals surface area contributed by atoms with Crippen molar-refractivity contribution in [3.63, 3.8) is 0 Å². The third kappa shape index (κ3) is 3.66. The first-order valence-electron chi connectivity index (χ1n) is 7.61. The minimum absolute atomic E-state index is 0. The minimum Gasteiger partial charge on any atom is -0.319 e. The van der Waals surface area contributed by atoms with Crippen molar-refractivity contribution in [2.24, 2.45) is 5.92 Å². The summed E-state index contributed by atoms with van der Waals surface area (Å²) < 4.78 is 27.5. The van der Waals surface area contributed by atoms with Crippen molar-refractivity contribution in [3.8, 4) is 0 Å². The number of hydrogen-bond acceptors (Lipinski definition) is 4. The van der Waals surface area contributed by atoms with Crippen LogP contribution in [-0.4, -0.2) is 44.4 Å². The molecule has 5 nitrogen and oxygen atoms in total. The summed E-state index contributed by atoms with van der Waals surface area (Å²) in [6, 6.07) is 9.04.